The van der Waals surface area contributed by atoms with Crippen LogP contribution < -0.4 is 16.4 Å². The highest BCUT2D eigenvalue weighted by molar-refractivity contribution is 6.06. The second kappa shape index (κ2) is 7.85. The number of rotatable bonds is 5. The molecule has 2 aromatic carbocycles. The molecule has 7 nitrogen and oxygen atoms in total. The van der Waals surface area contributed by atoms with Crippen LogP contribution >= 0.6 is 0 Å². The van der Waals surface area contributed by atoms with Gasteiger partial charge in [-0.15, -0.1) is 0 Å². The van der Waals surface area contributed by atoms with Crippen molar-refractivity contribution in [2.24, 2.45) is 5.73 Å². The molecule has 7 heteroatoms. The zero-order valence-electron chi connectivity index (χ0n) is 17.4. The molecule has 0 radical (unpaired) electrons. The number of aryl methyl sites for hydroxylation is 1. The van der Waals surface area contributed by atoms with E-state index >= 15 is 0 Å². The van der Waals surface area contributed by atoms with E-state index in [2.05, 4.69) is 22.8 Å². The molecule has 0 saturated heterocycles. The van der Waals surface area contributed by atoms with Crippen LogP contribution in [0.2, 0.25) is 0 Å². The second-order valence-electron chi connectivity index (χ2n) is 7.79. The summed E-state index contributed by atoms with van der Waals surface area (Å²) in [5.74, 6) is 0.999. The molecule has 1 amide bonds. The SMILES string of the molecule is Cc1cc2c(C(N)=O)cccc2n1-c1nc2c(c(NCc3ccccc3)n1)CNCC2. The Kier molecular flexibility index (Phi) is 4.88. The molecule has 5 rings (SSSR count). The Labute approximate surface area is 180 Å². The first kappa shape index (κ1) is 19.3. The molecule has 2 aromatic heterocycles. The van der Waals surface area contributed by atoms with Gasteiger partial charge in [0.05, 0.1) is 11.2 Å². The Morgan fingerprint density at radius 2 is 2.00 bits per heavy atom. The first-order chi connectivity index (χ1) is 15.1. The summed E-state index contributed by atoms with van der Waals surface area (Å²) in [4.78, 5) is 21.7. The minimum Gasteiger partial charge on any atom is -0.366 e. The first-order valence-corrected chi connectivity index (χ1v) is 10.4. The number of nitrogens with one attached hydrogen (secondary N) is 2. The smallest absolute Gasteiger partial charge is 0.249 e. The highest BCUT2D eigenvalue weighted by Crippen LogP contribution is 2.28. The summed E-state index contributed by atoms with van der Waals surface area (Å²) >= 11 is 0. The maximum absolute atomic E-state index is 11.9. The fraction of sp³-hybridized carbons (Fsp3) is 0.208. The maximum atomic E-state index is 11.9. The number of fused-ring (bicyclic) bond motifs is 2. The molecule has 0 aliphatic carbocycles. The number of carbonyl (C=O) groups excluding carboxylic acids is 1. The minimum absolute atomic E-state index is 0.439. The summed E-state index contributed by atoms with van der Waals surface area (Å²) in [6.07, 6.45) is 0.843. The van der Waals surface area contributed by atoms with E-state index in [1.807, 2.05) is 47.9 Å². The van der Waals surface area contributed by atoms with Crippen molar-refractivity contribution < 1.29 is 4.79 Å². The van der Waals surface area contributed by atoms with Crippen LogP contribution in [0.5, 0.6) is 0 Å². The Morgan fingerprint density at radius 1 is 1.16 bits per heavy atom. The van der Waals surface area contributed by atoms with Crippen molar-refractivity contribution in [3.8, 4) is 5.95 Å². The minimum atomic E-state index is -0.439. The molecule has 31 heavy (non-hydrogen) atoms. The lowest BCUT2D eigenvalue weighted by Crippen LogP contribution is -2.27. The Hall–Kier alpha value is -3.71. The largest absolute Gasteiger partial charge is 0.366 e. The third-order valence-electron chi connectivity index (χ3n) is 5.72. The molecular formula is C24H24N6O. The average Bonchev–Trinajstić information content (AvgIpc) is 3.13. The number of nitrogens with zero attached hydrogens (tertiary/aromatic N) is 3. The van der Waals surface area contributed by atoms with Crippen molar-refractivity contribution >= 4 is 22.6 Å². The highest BCUT2D eigenvalue weighted by Gasteiger charge is 2.21. The number of primary amides is 1. The van der Waals surface area contributed by atoms with Crippen LogP contribution in [0.25, 0.3) is 16.9 Å². The van der Waals surface area contributed by atoms with Gasteiger partial charge in [0.1, 0.15) is 5.82 Å². The number of anilines is 1. The predicted octanol–water partition coefficient (Wildman–Crippen LogP) is 3.09. The lowest BCUT2D eigenvalue weighted by molar-refractivity contribution is 0.100. The normalized spacial score (nSPS) is 13.2. The van der Waals surface area contributed by atoms with E-state index in [4.69, 9.17) is 15.7 Å². The summed E-state index contributed by atoms with van der Waals surface area (Å²) in [7, 11) is 0. The van der Waals surface area contributed by atoms with Crippen LogP contribution in [-0.2, 0) is 19.5 Å². The van der Waals surface area contributed by atoms with Crippen LogP contribution in [0, 0.1) is 6.92 Å². The van der Waals surface area contributed by atoms with Gasteiger partial charge < -0.3 is 16.4 Å². The summed E-state index contributed by atoms with van der Waals surface area (Å²) in [6, 6.07) is 17.8. The van der Waals surface area contributed by atoms with Crippen molar-refractivity contribution in [1.82, 2.24) is 19.9 Å². The molecule has 1 aliphatic rings. The van der Waals surface area contributed by atoms with Crippen molar-refractivity contribution in [3.63, 3.8) is 0 Å². The van der Waals surface area contributed by atoms with Gasteiger partial charge in [0.25, 0.3) is 0 Å². The Bertz CT molecular complexity index is 1280. The van der Waals surface area contributed by atoms with Crippen molar-refractivity contribution in [2.45, 2.75) is 26.4 Å². The van der Waals surface area contributed by atoms with Crippen LogP contribution in [0.4, 0.5) is 5.82 Å². The van der Waals surface area contributed by atoms with Crippen molar-refractivity contribution in [3.05, 3.63) is 82.7 Å². The zero-order chi connectivity index (χ0) is 21.4. The quantitative estimate of drug-likeness (QED) is 0.468. The van der Waals surface area contributed by atoms with Crippen LogP contribution in [0.3, 0.4) is 0 Å². The number of hydrogen-bond donors (Lipinski definition) is 3. The number of aromatic nitrogens is 3. The molecular weight excluding hydrogens is 388 g/mol. The second-order valence-corrected chi connectivity index (χ2v) is 7.79. The molecule has 1 aliphatic heterocycles. The van der Waals surface area contributed by atoms with Crippen molar-refractivity contribution in [2.75, 3.05) is 11.9 Å². The fourth-order valence-corrected chi connectivity index (χ4v) is 4.20. The number of amides is 1. The molecule has 0 bridgehead atoms. The van der Waals surface area contributed by atoms with E-state index in [-0.39, 0.29) is 0 Å². The number of hydrogen-bond acceptors (Lipinski definition) is 5. The summed E-state index contributed by atoms with van der Waals surface area (Å²) in [6.45, 7) is 4.30. The predicted molar refractivity (Wildman–Crippen MR) is 121 cm³/mol. The number of nitrogens with two attached hydrogens (primary N) is 1. The molecule has 0 atom stereocenters. The Balaban J connectivity index is 1.62. The van der Waals surface area contributed by atoms with E-state index in [9.17, 15) is 4.79 Å². The van der Waals surface area contributed by atoms with Gasteiger partial charge in [-0.3, -0.25) is 9.36 Å². The molecule has 0 unspecified atom stereocenters. The van der Waals surface area contributed by atoms with Crippen LogP contribution in [0.1, 0.15) is 32.9 Å². The van der Waals surface area contributed by atoms with E-state index in [1.54, 1.807) is 6.07 Å². The van der Waals surface area contributed by atoms with E-state index in [0.29, 0.717) is 18.1 Å². The fourth-order valence-electron chi connectivity index (χ4n) is 4.20. The molecule has 3 heterocycles. The van der Waals surface area contributed by atoms with Gasteiger partial charge in [0.15, 0.2) is 0 Å². The summed E-state index contributed by atoms with van der Waals surface area (Å²) in [5.41, 5.74) is 11.3. The molecule has 4 aromatic rings. The van der Waals surface area contributed by atoms with Crippen LogP contribution in [-0.4, -0.2) is 27.0 Å². The van der Waals surface area contributed by atoms with Gasteiger partial charge in [-0.25, -0.2) is 4.98 Å². The molecule has 156 valence electrons. The van der Waals surface area contributed by atoms with Gasteiger partial charge in [-0.05, 0) is 30.7 Å². The third kappa shape index (κ3) is 3.53. The molecule has 0 saturated carbocycles. The third-order valence-corrected chi connectivity index (χ3v) is 5.72. The lowest BCUT2D eigenvalue weighted by atomic mass is 10.1. The molecule has 4 N–H and O–H groups in total. The van der Waals surface area contributed by atoms with E-state index < -0.39 is 5.91 Å². The maximum Gasteiger partial charge on any atom is 0.249 e. The lowest BCUT2D eigenvalue weighted by Gasteiger charge is -2.21. The van der Waals surface area contributed by atoms with Gasteiger partial charge >= 0.3 is 0 Å². The monoisotopic (exact) mass is 412 g/mol. The van der Waals surface area contributed by atoms with Crippen LogP contribution in [0.15, 0.2) is 54.6 Å². The van der Waals surface area contributed by atoms with Crippen molar-refractivity contribution in [1.29, 1.82) is 0 Å². The van der Waals surface area contributed by atoms with Gasteiger partial charge in [-0.2, -0.15) is 4.98 Å². The van der Waals surface area contributed by atoms with E-state index in [1.165, 1.54) is 5.56 Å². The molecule has 0 fully saturated rings. The number of benzene rings is 2. The highest BCUT2D eigenvalue weighted by atomic mass is 16.1. The Morgan fingerprint density at radius 3 is 2.81 bits per heavy atom. The first-order valence-electron chi connectivity index (χ1n) is 10.4. The standard InChI is InChI=1S/C24H24N6O/c1-15-12-18-17(22(25)31)8-5-9-21(18)30(15)24-28-20-10-11-26-14-19(20)23(29-24)27-13-16-6-3-2-4-7-16/h2-9,12,26H,10-11,13-14H2,1H3,(H2,25,31)(H,27,28,29). The van der Waals surface area contributed by atoms with Gasteiger partial charge in [-0.1, -0.05) is 36.4 Å². The number of carbonyl (C=O) groups is 1. The topological polar surface area (TPSA) is 97.9 Å². The zero-order valence-corrected chi connectivity index (χ0v) is 17.4. The molecule has 0 spiro atoms. The summed E-state index contributed by atoms with van der Waals surface area (Å²) in [5, 5.41) is 7.74. The average molecular weight is 412 g/mol. The van der Waals surface area contributed by atoms with Gasteiger partial charge in [0, 0.05) is 48.3 Å². The van der Waals surface area contributed by atoms with E-state index in [0.717, 1.165) is 53.2 Å². The summed E-state index contributed by atoms with van der Waals surface area (Å²) < 4.78 is 2.00. The van der Waals surface area contributed by atoms with Gasteiger partial charge in [0.2, 0.25) is 11.9 Å².